The van der Waals surface area contributed by atoms with E-state index in [2.05, 4.69) is 21.2 Å². The SMILES string of the molecule is CC(c1cccc(Br)c1F)C(CN)NC1CC1. The minimum atomic E-state index is -0.170. The van der Waals surface area contributed by atoms with E-state index in [0.29, 0.717) is 17.1 Å². The smallest absolute Gasteiger partial charge is 0.140 e. The summed E-state index contributed by atoms with van der Waals surface area (Å²) >= 11 is 3.22. The summed E-state index contributed by atoms with van der Waals surface area (Å²) < 4.78 is 14.5. The van der Waals surface area contributed by atoms with Crippen molar-refractivity contribution in [2.24, 2.45) is 5.73 Å². The van der Waals surface area contributed by atoms with E-state index in [1.165, 1.54) is 12.8 Å². The van der Waals surface area contributed by atoms with E-state index in [9.17, 15) is 4.39 Å². The highest BCUT2D eigenvalue weighted by Gasteiger charge is 2.28. The molecule has 4 heteroatoms. The summed E-state index contributed by atoms with van der Waals surface area (Å²) in [5.74, 6) is -0.0888. The highest BCUT2D eigenvalue weighted by atomic mass is 79.9. The van der Waals surface area contributed by atoms with Gasteiger partial charge in [0.2, 0.25) is 0 Å². The lowest BCUT2D eigenvalue weighted by molar-refractivity contribution is 0.440. The Bertz CT molecular complexity index is 393. The van der Waals surface area contributed by atoms with Gasteiger partial charge in [-0.15, -0.1) is 0 Å². The Morgan fingerprint density at radius 3 is 2.82 bits per heavy atom. The van der Waals surface area contributed by atoms with Crippen molar-refractivity contribution in [1.29, 1.82) is 0 Å². The minimum absolute atomic E-state index is 0.0816. The molecule has 1 fully saturated rings. The van der Waals surface area contributed by atoms with Crippen molar-refractivity contribution in [2.45, 2.75) is 37.8 Å². The maximum absolute atomic E-state index is 14.0. The number of rotatable bonds is 5. The number of halogens is 2. The van der Waals surface area contributed by atoms with Gasteiger partial charge in [0.15, 0.2) is 0 Å². The van der Waals surface area contributed by atoms with Gasteiger partial charge < -0.3 is 11.1 Å². The van der Waals surface area contributed by atoms with Crippen molar-refractivity contribution in [1.82, 2.24) is 5.32 Å². The quantitative estimate of drug-likeness (QED) is 0.877. The predicted octanol–water partition coefficient (Wildman–Crippen LogP) is 2.77. The van der Waals surface area contributed by atoms with Gasteiger partial charge in [-0.3, -0.25) is 0 Å². The van der Waals surface area contributed by atoms with Crippen LogP contribution in [0.4, 0.5) is 4.39 Å². The molecule has 2 unspecified atom stereocenters. The van der Waals surface area contributed by atoms with Gasteiger partial charge in [-0.25, -0.2) is 4.39 Å². The second-order valence-electron chi connectivity index (χ2n) is 4.71. The van der Waals surface area contributed by atoms with Gasteiger partial charge in [0.05, 0.1) is 4.47 Å². The summed E-state index contributed by atoms with van der Waals surface area (Å²) in [6.07, 6.45) is 2.42. The van der Waals surface area contributed by atoms with Gasteiger partial charge in [-0.05, 0) is 40.4 Å². The average Bonchev–Trinajstić information content (AvgIpc) is 3.13. The molecule has 2 atom stereocenters. The number of hydrogen-bond acceptors (Lipinski definition) is 2. The first-order chi connectivity index (χ1) is 8.13. The second kappa shape index (κ2) is 5.46. The van der Waals surface area contributed by atoms with E-state index in [-0.39, 0.29) is 17.8 Å². The van der Waals surface area contributed by atoms with Gasteiger partial charge in [0, 0.05) is 24.5 Å². The predicted molar refractivity (Wildman–Crippen MR) is 71.5 cm³/mol. The third kappa shape index (κ3) is 3.06. The maximum Gasteiger partial charge on any atom is 0.140 e. The third-order valence-electron chi connectivity index (χ3n) is 3.36. The molecule has 0 radical (unpaired) electrons. The zero-order valence-electron chi connectivity index (χ0n) is 9.92. The van der Waals surface area contributed by atoms with Crippen molar-refractivity contribution in [3.8, 4) is 0 Å². The molecule has 3 N–H and O–H groups in total. The zero-order chi connectivity index (χ0) is 12.4. The molecule has 0 aliphatic heterocycles. The summed E-state index contributed by atoms with van der Waals surface area (Å²) in [5, 5.41) is 3.48. The van der Waals surface area contributed by atoms with Crippen LogP contribution in [0.5, 0.6) is 0 Å². The van der Waals surface area contributed by atoms with Crippen LogP contribution in [0.1, 0.15) is 31.2 Å². The zero-order valence-corrected chi connectivity index (χ0v) is 11.5. The van der Waals surface area contributed by atoms with Crippen LogP contribution in [0.3, 0.4) is 0 Å². The molecule has 94 valence electrons. The lowest BCUT2D eigenvalue weighted by atomic mass is 9.92. The molecular formula is C13H18BrFN2. The molecule has 0 heterocycles. The molecular weight excluding hydrogens is 283 g/mol. The largest absolute Gasteiger partial charge is 0.329 e. The molecule has 0 spiro atoms. The third-order valence-corrected chi connectivity index (χ3v) is 3.97. The topological polar surface area (TPSA) is 38.0 Å². The molecule has 1 aromatic rings. The van der Waals surface area contributed by atoms with Crippen LogP contribution in [-0.4, -0.2) is 18.6 Å². The van der Waals surface area contributed by atoms with Crippen LogP contribution >= 0.6 is 15.9 Å². The van der Waals surface area contributed by atoms with Gasteiger partial charge >= 0.3 is 0 Å². The second-order valence-corrected chi connectivity index (χ2v) is 5.57. The summed E-state index contributed by atoms with van der Waals surface area (Å²) in [4.78, 5) is 0. The summed E-state index contributed by atoms with van der Waals surface area (Å²) in [6, 6.07) is 6.15. The standard InChI is InChI=1S/C13H18BrFN2/c1-8(12(7-16)17-9-5-6-9)10-3-2-4-11(14)13(10)15/h2-4,8-9,12,17H,5-7,16H2,1H3. The molecule has 0 bridgehead atoms. The van der Waals surface area contributed by atoms with Gasteiger partial charge in [-0.1, -0.05) is 19.1 Å². The van der Waals surface area contributed by atoms with Crippen LogP contribution in [-0.2, 0) is 0 Å². The molecule has 1 aliphatic rings. The van der Waals surface area contributed by atoms with Crippen molar-refractivity contribution >= 4 is 15.9 Å². The normalized spacial score (nSPS) is 19.1. The minimum Gasteiger partial charge on any atom is -0.329 e. The first-order valence-electron chi connectivity index (χ1n) is 6.03. The summed E-state index contributed by atoms with van der Waals surface area (Å²) in [7, 11) is 0. The molecule has 0 saturated heterocycles. The Morgan fingerprint density at radius 1 is 1.53 bits per heavy atom. The molecule has 1 aromatic carbocycles. The van der Waals surface area contributed by atoms with Crippen LogP contribution in [0.15, 0.2) is 22.7 Å². The monoisotopic (exact) mass is 300 g/mol. The molecule has 2 rings (SSSR count). The van der Waals surface area contributed by atoms with Crippen molar-refractivity contribution in [2.75, 3.05) is 6.54 Å². The summed E-state index contributed by atoms with van der Waals surface area (Å²) in [5.41, 5.74) is 6.50. The van der Waals surface area contributed by atoms with Crippen molar-refractivity contribution in [3.63, 3.8) is 0 Å². The molecule has 2 nitrogen and oxygen atoms in total. The van der Waals surface area contributed by atoms with Gasteiger partial charge in [0.1, 0.15) is 5.82 Å². The van der Waals surface area contributed by atoms with Crippen molar-refractivity contribution in [3.05, 3.63) is 34.1 Å². The van der Waals surface area contributed by atoms with Crippen LogP contribution in [0.2, 0.25) is 0 Å². The highest BCUT2D eigenvalue weighted by molar-refractivity contribution is 9.10. The Balaban J connectivity index is 2.15. The molecule has 0 aromatic heterocycles. The van der Waals surface area contributed by atoms with Crippen LogP contribution in [0, 0.1) is 5.82 Å². The van der Waals surface area contributed by atoms with E-state index >= 15 is 0 Å². The van der Waals surface area contributed by atoms with Gasteiger partial charge in [0.25, 0.3) is 0 Å². The van der Waals surface area contributed by atoms with E-state index in [1.54, 1.807) is 6.07 Å². The number of nitrogens with two attached hydrogens (primary N) is 1. The molecule has 0 amide bonds. The van der Waals surface area contributed by atoms with E-state index < -0.39 is 0 Å². The Labute approximate surface area is 110 Å². The maximum atomic E-state index is 14.0. The summed E-state index contributed by atoms with van der Waals surface area (Å²) in [6.45, 7) is 2.56. The van der Waals surface area contributed by atoms with E-state index in [0.717, 1.165) is 5.56 Å². The van der Waals surface area contributed by atoms with Crippen molar-refractivity contribution < 1.29 is 4.39 Å². The fourth-order valence-electron chi connectivity index (χ4n) is 2.06. The van der Waals surface area contributed by atoms with Crippen LogP contribution < -0.4 is 11.1 Å². The fourth-order valence-corrected chi connectivity index (χ4v) is 2.44. The fraction of sp³-hybridized carbons (Fsp3) is 0.538. The molecule has 17 heavy (non-hydrogen) atoms. The van der Waals surface area contributed by atoms with Crippen LogP contribution in [0.25, 0.3) is 0 Å². The van der Waals surface area contributed by atoms with E-state index in [4.69, 9.17) is 5.73 Å². The number of benzene rings is 1. The Hall–Kier alpha value is -0.450. The Morgan fingerprint density at radius 2 is 2.24 bits per heavy atom. The lowest BCUT2D eigenvalue weighted by Gasteiger charge is -2.25. The van der Waals surface area contributed by atoms with E-state index in [1.807, 2.05) is 19.1 Å². The molecule has 1 aliphatic carbocycles. The number of nitrogens with one attached hydrogen (secondary N) is 1. The lowest BCUT2D eigenvalue weighted by Crippen LogP contribution is -2.41. The first kappa shape index (κ1) is 13.0. The molecule has 1 saturated carbocycles. The number of hydrogen-bond donors (Lipinski definition) is 2. The van der Waals surface area contributed by atoms with Gasteiger partial charge in [-0.2, -0.15) is 0 Å². The Kier molecular flexibility index (Phi) is 4.17. The first-order valence-corrected chi connectivity index (χ1v) is 6.82. The average molecular weight is 301 g/mol. The highest BCUT2D eigenvalue weighted by Crippen LogP contribution is 2.29.